The second-order valence-electron chi connectivity index (χ2n) is 12.6. The average molecular weight is 663 g/mol. The maximum atomic E-state index is 13.2. The summed E-state index contributed by atoms with van der Waals surface area (Å²) in [4.78, 5) is 38.3. The zero-order valence-corrected chi connectivity index (χ0v) is 29.1. The molecule has 0 aromatic heterocycles. The van der Waals surface area contributed by atoms with Gasteiger partial charge in [-0.05, 0) is 79.6 Å². The van der Waals surface area contributed by atoms with Gasteiger partial charge in [0.05, 0.1) is 12.8 Å². The number of hydrogen-bond acceptors (Lipinski definition) is 7. The number of hydrogen-bond donors (Lipinski definition) is 2. The van der Waals surface area contributed by atoms with E-state index in [2.05, 4.69) is 0 Å². The number of phenols is 2. The Labute approximate surface area is 289 Å². The zero-order chi connectivity index (χ0) is 36.0. The number of ether oxygens (including phenoxy) is 2. The van der Waals surface area contributed by atoms with Crippen LogP contribution in [-0.4, -0.2) is 34.0 Å². The number of phenolic OH excluding ortho intramolecular Hbond substituents is 2. The van der Waals surface area contributed by atoms with Crippen molar-refractivity contribution in [3.8, 4) is 17.2 Å². The van der Waals surface area contributed by atoms with E-state index in [9.17, 15) is 24.6 Å². The van der Waals surface area contributed by atoms with Gasteiger partial charge in [0.25, 0.3) is 0 Å². The van der Waals surface area contributed by atoms with Crippen molar-refractivity contribution in [1.82, 2.24) is 0 Å². The Morgan fingerprint density at radius 1 is 0.816 bits per heavy atom. The number of benzene rings is 2. The predicted molar refractivity (Wildman–Crippen MR) is 196 cm³/mol. The summed E-state index contributed by atoms with van der Waals surface area (Å²) < 4.78 is 10.9. The van der Waals surface area contributed by atoms with Crippen LogP contribution in [0, 0.1) is 5.41 Å². The van der Waals surface area contributed by atoms with Crippen molar-refractivity contribution in [3.05, 3.63) is 137 Å². The fourth-order valence-electron chi connectivity index (χ4n) is 5.21. The van der Waals surface area contributed by atoms with Crippen LogP contribution < -0.4 is 4.74 Å². The minimum Gasteiger partial charge on any atom is -0.508 e. The average Bonchev–Trinajstić information content (AvgIpc) is 3.03. The smallest absolute Gasteiger partial charge is 0.311 e. The van der Waals surface area contributed by atoms with E-state index >= 15 is 0 Å². The van der Waals surface area contributed by atoms with Crippen LogP contribution in [0.5, 0.6) is 17.2 Å². The molecule has 0 aliphatic heterocycles. The molecular weight excluding hydrogens is 616 g/mol. The Balaban J connectivity index is 1.52. The van der Waals surface area contributed by atoms with Crippen molar-refractivity contribution in [2.75, 3.05) is 0 Å². The lowest BCUT2D eigenvalue weighted by molar-refractivity contribution is -0.157. The Morgan fingerprint density at radius 2 is 1.43 bits per heavy atom. The first-order chi connectivity index (χ1) is 23.3. The number of Topliss-reactive ketones (excluding diaryl/α,β-unsaturated/α-hetero) is 1. The van der Waals surface area contributed by atoms with Crippen LogP contribution in [0.25, 0.3) is 12.2 Å². The third kappa shape index (κ3) is 12.6. The van der Waals surface area contributed by atoms with Gasteiger partial charge < -0.3 is 19.7 Å². The van der Waals surface area contributed by atoms with E-state index in [1.165, 1.54) is 18.2 Å². The van der Waals surface area contributed by atoms with Gasteiger partial charge in [-0.25, -0.2) is 0 Å². The fourth-order valence-corrected chi connectivity index (χ4v) is 5.21. The summed E-state index contributed by atoms with van der Waals surface area (Å²) in [6.45, 7) is 11.8. The fraction of sp³-hybridized carbons (Fsp3) is 0.262. The predicted octanol–water partition coefficient (Wildman–Crippen LogP) is 9.32. The maximum absolute atomic E-state index is 13.2. The molecule has 3 rings (SSSR count). The number of esters is 2. The quantitative estimate of drug-likeness (QED) is 0.0952. The van der Waals surface area contributed by atoms with Gasteiger partial charge in [-0.2, -0.15) is 0 Å². The van der Waals surface area contributed by atoms with E-state index in [0.717, 1.165) is 22.3 Å². The van der Waals surface area contributed by atoms with Crippen LogP contribution in [-0.2, 0) is 19.1 Å². The summed E-state index contributed by atoms with van der Waals surface area (Å²) in [5, 5.41) is 19.2. The SMILES string of the molecule is C\C=C/C=C/C=C(C)/C=C/C=C(C)/C=C/C1=C(C)C(=O)C(OC(=O)CCC(=O)Oc2ccc(/C=C/c3cc(O)cc(O)c3)cc2)CC1(C)C. The minimum absolute atomic E-state index is 0.0411. The van der Waals surface area contributed by atoms with E-state index in [1.807, 2.05) is 95.4 Å². The van der Waals surface area contributed by atoms with Crippen molar-refractivity contribution < 1.29 is 34.1 Å². The number of carbonyl (C=O) groups excluding carboxylic acids is 3. The molecule has 1 atom stereocenters. The second kappa shape index (κ2) is 18.2. The highest BCUT2D eigenvalue weighted by Gasteiger charge is 2.39. The molecule has 0 spiro atoms. The molecule has 7 heteroatoms. The largest absolute Gasteiger partial charge is 0.508 e. The highest BCUT2D eigenvalue weighted by atomic mass is 16.6. The lowest BCUT2D eigenvalue weighted by Gasteiger charge is -2.36. The highest BCUT2D eigenvalue weighted by Crippen LogP contribution is 2.41. The van der Waals surface area contributed by atoms with E-state index in [1.54, 1.807) is 43.3 Å². The van der Waals surface area contributed by atoms with Crippen molar-refractivity contribution in [2.24, 2.45) is 5.41 Å². The van der Waals surface area contributed by atoms with Gasteiger partial charge >= 0.3 is 11.9 Å². The monoisotopic (exact) mass is 662 g/mol. The minimum atomic E-state index is -0.920. The standard InChI is InChI=1S/C42H46O7/c1-7-8-9-10-12-29(2)13-11-14-30(3)15-22-37-31(4)41(47)38(28-42(37,5)6)49-40(46)24-23-39(45)48-36-20-18-32(19-21-36)16-17-33-25-34(43)27-35(44)26-33/h7-22,25-27,38,43-44H,23-24,28H2,1-6H3/b8-7-,10-9+,13-11+,17-16+,22-15+,29-12+,30-14+. The molecule has 0 radical (unpaired) electrons. The van der Waals surface area contributed by atoms with Gasteiger partial charge in [-0.3, -0.25) is 14.4 Å². The molecule has 0 saturated carbocycles. The van der Waals surface area contributed by atoms with Crippen LogP contribution in [0.2, 0.25) is 0 Å². The molecule has 256 valence electrons. The van der Waals surface area contributed by atoms with Crippen molar-refractivity contribution in [1.29, 1.82) is 0 Å². The molecule has 2 N–H and O–H groups in total. The van der Waals surface area contributed by atoms with Gasteiger partial charge in [0.15, 0.2) is 11.9 Å². The van der Waals surface area contributed by atoms with Crippen molar-refractivity contribution in [2.45, 2.75) is 66.9 Å². The number of aromatic hydroxyl groups is 2. The van der Waals surface area contributed by atoms with E-state index in [0.29, 0.717) is 23.3 Å². The van der Waals surface area contributed by atoms with Crippen LogP contribution in [0.3, 0.4) is 0 Å². The first-order valence-corrected chi connectivity index (χ1v) is 16.2. The molecule has 0 amide bonds. The van der Waals surface area contributed by atoms with Gasteiger partial charge in [0, 0.05) is 12.5 Å². The summed E-state index contributed by atoms with van der Waals surface area (Å²) in [5.41, 5.74) is 4.61. The molecule has 7 nitrogen and oxygen atoms in total. The molecule has 1 unspecified atom stereocenters. The Hall–Kier alpha value is -5.43. The first kappa shape index (κ1) is 38.0. The topological polar surface area (TPSA) is 110 Å². The highest BCUT2D eigenvalue weighted by molar-refractivity contribution is 6.01. The maximum Gasteiger partial charge on any atom is 0.311 e. The Morgan fingerprint density at radius 3 is 2.10 bits per heavy atom. The number of rotatable bonds is 13. The molecule has 0 saturated heterocycles. The third-order valence-corrected chi connectivity index (χ3v) is 7.81. The molecule has 0 bridgehead atoms. The van der Waals surface area contributed by atoms with Crippen LogP contribution in [0.4, 0.5) is 0 Å². The van der Waals surface area contributed by atoms with Gasteiger partial charge in [-0.15, -0.1) is 0 Å². The van der Waals surface area contributed by atoms with Crippen molar-refractivity contribution in [3.63, 3.8) is 0 Å². The van der Waals surface area contributed by atoms with Gasteiger partial charge in [0.2, 0.25) is 0 Å². The number of carbonyl (C=O) groups is 3. The molecule has 0 heterocycles. The van der Waals surface area contributed by atoms with Crippen LogP contribution in [0.1, 0.15) is 71.9 Å². The summed E-state index contributed by atoms with van der Waals surface area (Å²) >= 11 is 0. The lowest BCUT2D eigenvalue weighted by atomic mass is 9.71. The van der Waals surface area contributed by atoms with Crippen LogP contribution in [0.15, 0.2) is 126 Å². The summed E-state index contributed by atoms with van der Waals surface area (Å²) in [6.07, 6.45) is 22.4. The summed E-state index contributed by atoms with van der Waals surface area (Å²) in [5.74, 6) is -1.24. The Bertz CT molecular complexity index is 1740. The third-order valence-electron chi connectivity index (χ3n) is 7.81. The van der Waals surface area contributed by atoms with E-state index < -0.39 is 23.5 Å². The molecule has 0 fully saturated rings. The molecule has 1 aliphatic carbocycles. The first-order valence-electron chi connectivity index (χ1n) is 16.2. The van der Waals surface area contributed by atoms with Crippen LogP contribution >= 0.6 is 0 Å². The second-order valence-corrected chi connectivity index (χ2v) is 12.6. The van der Waals surface area contributed by atoms with Crippen molar-refractivity contribution >= 4 is 29.9 Å². The lowest BCUT2D eigenvalue weighted by Crippen LogP contribution is -2.39. The Kier molecular flexibility index (Phi) is 14.1. The summed E-state index contributed by atoms with van der Waals surface area (Å²) in [6, 6.07) is 11.0. The molecular formula is C42H46O7. The van der Waals surface area contributed by atoms with E-state index in [-0.39, 0.29) is 30.1 Å². The number of ketones is 1. The molecule has 49 heavy (non-hydrogen) atoms. The number of allylic oxidation sites excluding steroid dienone is 13. The summed E-state index contributed by atoms with van der Waals surface area (Å²) in [7, 11) is 0. The normalized spacial score (nSPS) is 17.3. The molecule has 2 aromatic rings. The molecule has 1 aliphatic rings. The van der Waals surface area contributed by atoms with Gasteiger partial charge in [-0.1, -0.05) is 110 Å². The van der Waals surface area contributed by atoms with Gasteiger partial charge in [0.1, 0.15) is 17.2 Å². The van der Waals surface area contributed by atoms with E-state index in [4.69, 9.17) is 9.47 Å². The zero-order valence-electron chi connectivity index (χ0n) is 29.1. The molecule has 2 aromatic carbocycles.